The van der Waals surface area contributed by atoms with Gasteiger partial charge in [-0.05, 0) is 12.1 Å². The van der Waals surface area contributed by atoms with Crippen LogP contribution in [0, 0.1) is 10.1 Å². The highest BCUT2D eigenvalue weighted by atomic mass is 16.6. The van der Waals surface area contributed by atoms with E-state index in [4.69, 9.17) is 4.52 Å². The SMILES string of the molecule is CCc1nc(CNC(=O)c2ccc([N+](=O)[O-])cc2)no1. The van der Waals surface area contributed by atoms with Crippen molar-refractivity contribution in [3.05, 3.63) is 51.7 Å². The van der Waals surface area contributed by atoms with Crippen LogP contribution in [0.2, 0.25) is 0 Å². The minimum absolute atomic E-state index is 0.0627. The smallest absolute Gasteiger partial charge is 0.269 e. The van der Waals surface area contributed by atoms with E-state index in [2.05, 4.69) is 15.5 Å². The minimum atomic E-state index is -0.521. The number of nitrogens with zero attached hydrogens (tertiary/aromatic N) is 3. The van der Waals surface area contributed by atoms with Gasteiger partial charge in [-0.3, -0.25) is 14.9 Å². The van der Waals surface area contributed by atoms with Crippen LogP contribution >= 0.6 is 0 Å². The van der Waals surface area contributed by atoms with Crippen LogP contribution < -0.4 is 5.32 Å². The van der Waals surface area contributed by atoms with Gasteiger partial charge < -0.3 is 9.84 Å². The lowest BCUT2D eigenvalue weighted by molar-refractivity contribution is -0.384. The van der Waals surface area contributed by atoms with Crippen molar-refractivity contribution >= 4 is 11.6 Å². The summed E-state index contributed by atoms with van der Waals surface area (Å²) in [5, 5.41) is 16.8. The van der Waals surface area contributed by atoms with Crippen molar-refractivity contribution in [2.75, 3.05) is 0 Å². The van der Waals surface area contributed by atoms with Crippen molar-refractivity contribution in [2.45, 2.75) is 19.9 Å². The van der Waals surface area contributed by atoms with Crippen molar-refractivity contribution in [3.63, 3.8) is 0 Å². The molecule has 0 spiro atoms. The first-order valence-electron chi connectivity index (χ1n) is 5.94. The molecule has 1 heterocycles. The van der Waals surface area contributed by atoms with E-state index in [0.717, 1.165) is 0 Å². The Morgan fingerprint density at radius 3 is 2.65 bits per heavy atom. The number of nitrogens with one attached hydrogen (secondary N) is 1. The molecule has 2 rings (SSSR count). The van der Waals surface area contributed by atoms with E-state index >= 15 is 0 Å². The molecule has 0 saturated carbocycles. The van der Waals surface area contributed by atoms with Crippen LogP contribution in [0.15, 0.2) is 28.8 Å². The molecule has 0 radical (unpaired) electrons. The number of carbonyl (C=O) groups is 1. The van der Waals surface area contributed by atoms with Gasteiger partial charge in [0.15, 0.2) is 5.82 Å². The van der Waals surface area contributed by atoms with Crippen LogP contribution in [0.3, 0.4) is 0 Å². The Labute approximate surface area is 113 Å². The lowest BCUT2D eigenvalue weighted by atomic mass is 10.2. The van der Waals surface area contributed by atoms with E-state index in [1.54, 1.807) is 0 Å². The van der Waals surface area contributed by atoms with E-state index < -0.39 is 4.92 Å². The molecule has 20 heavy (non-hydrogen) atoms. The molecule has 2 aromatic rings. The summed E-state index contributed by atoms with van der Waals surface area (Å²) in [6, 6.07) is 5.33. The topological polar surface area (TPSA) is 111 Å². The average molecular weight is 276 g/mol. The Kier molecular flexibility index (Phi) is 4.04. The highest BCUT2D eigenvalue weighted by Crippen LogP contribution is 2.11. The molecule has 0 aliphatic carbocycles. The lowest BCUT2D eigenvalue weighted by Gasteiger charge is -2.01. The maximum atomic E-state index is 11.8. The monoisotopic (exact) mass is 276 g/mol. The molecule has 1 N–H and O–H groups in total. The van der Waals surface area contributed by atoms with Crippen molar-refractivity contribution in [2.24, 2.45) is 0 Å². The molecule has 0 unspecified atom stereocenters. The molecule has 8 nitrogen and oxygen atoms in total. The van der Waals surface area contributed by atoms with Gasteiger partial charge in [-0.2, -0.15) is 4.98 Å². The molecule has 0 fully saturated rings. The Morgan fingerprint density at radius 2 is 2.10 bits per heavy atom. The number of non-ortho nitro benzene ring substituents is 1. The molecule has 8 heteroatoms. The fourth-order valence-corrected chi connectivity index (χ4v) is 1.50. The second kappa shape index (κ2) is 5.91. The number of benzene rings is 1. The minimum Gasteiger partial charge on any atom is -0.345 e. The van der Waals surface area contributed by atoms with Gasteiger partial charge in [-0.15, -0.1) is 0 Å². The van der Waals surface area contributed by atoms with Crippen LogP contribution in [-0.4, -0.2) is 21.0 Å². The highest BCUT2D eigenvalue weighted by Gasteiger charge is 2.10. The molecule has 1 amide bonds. The first kappa shape index (κ1) is 13.7. The number of hydrogen-bond donors (Lipinski definition) is 1. The van der Waals surface area contributed by atoms with Crippen LogP contribution in [0.1, 0.15) is 29.0 Å². The third-order valence-corrected chi connectivity index (χ3v) is 2.56. The fraction of sp³-hybridized carbons (Fsp3) is 0.250. The molecule has 104 valence electrons. The van der Waals surface area contributed by atoms with Gasteiger partial charge in [-0.25, -0.2) is 0 Å². The zero-order valence-corrected chi connectivity index (χ0v) is 10.7. The Bertz CT molecular complexity index is 621. The molecule has 0 aliphatic rings. The zero-order valence-electron chi connectivity index (χ0n) is 10.7. The molecule has 0 bridgehead atoms. The summed E-state index contributed by atoms with van der Waals surface area (Å²) in [4.78, 5) is 25.8. The van der Waals surface area contributed by atoms with Gasteiger partial charge in [-0.1, -0.05) is 12.1 Å². The van der Waals surface area contributed by atoms with Crippen molar-refractivity contribution < 1.29 is 14.2 Å². The Balaban J connectivity index is 1.96. The summed E-state index contributed by atoms with van der Waals surface area (Å²) >= 11 is 0. The van der Waals surface area contributed by atoms with E-state index in [9.17, 15) is 14.9 Å². The lowest BCUT2D eigenvalue weighted by Crippen LogP contribution is -2.23. The summed E-state index contributed by atoms with van der Waals surface area (Å²) in [6.07, 6.45) is 0.628. The van der Waals surface area contributed by atoms with Gasteiger partial charge >= 0.3 is 0 Å². The number of amides is 1. The first-order valence-corrected chi connectivity index (χ1v) is 5.94. The molecule has 1 aromatic carbocycles. The largest absolute Gasteiger partial charge is 0.345 e. The second-order valence-electron chi connectivity index (χ2n) is 3.94. The van der Waals surface area contributed by atoms with E-state index in [0.29, 0.717) is 23.7 Å². The predicted octanol–water partition coefficient (Wildman–Crippen LogP) is 1.47. The molecular weight excluding hydrogens is 264 g/mol. The number of aryl methyl sites for hydroxylation is 1. The van der Waals surface area contributed by atoms with Gasteiger partial charge in [0, 0.05) is 24.1 Å². The quantitative estimate of drug-likeness (QED) is 0.653. The number of rotatable bonds is 5. The van der Waals surface area contributed by atoms with Gasteiger partial charge in [0.2, 0.25) is 5.89 Å². The molecule has 1 aromatic heterocycles. The van der Waals surface area contributed by atoms with Crippen molar-refractivity contribution in [3.8, 4) is 0 Å². The fourth-order valence-electron chi connectivity index (χ4n) is 1.50. The molecular formula is C12H12N4O4. The predicted molar refractivity (Wildman–Crippen MR) is 67.9 cm³/mol. The average Bonchev–Trinajstić information content (AvgIpc) is 2.93. The number of nitro benzene ring substituents is 1. The Morgan fingerprint density at radius 1 is 1.40 bits per heavy atom. The van der Waals surface area contributed by atoms with Gasteiger partial charge in [0.05, 0.1) is 11.5 Å². The summed E-state index contributed by atoms with van der Waals surface area (Å²) in [7, 11) is 0. The number of aromatic nitrogens is 2. The summed E-state index contributed by atoms with van der Waals surface area (Å²) in [5.41, 5.74) is 0.266. The number of carbonyl (C=O) groups excluding carboxylic acids is 1. The standard InChI is InChI=1S/C12H12N4O4/c1-2-11-14-10(15-20-11)7-13-12(17)8-3-5-9(6-4-8)16(18)19/h3-6H,2,7H2,1H3,(H,13,17). The maximum Gasteiger partial charge on any atom is 0.269 e. The maximum absolute atomic E-state index is 11.8. The highest BCUT2D eigenvalue weighted by molar-refractivity contribution is 5.94. The van der Waals surface area contributed by atoms with E-state index in [-0.39, 0.29) is 18.1 Å². The molecule has 0 atom stereocenters. The van der Waals surface area contributed by atoms with Crippen LogP contribution in [0.5, 0.6) is 0 Å². The summed E-state index contributed by atoms with van der Waals surface area (Å²) in [6.45, 7) is 2.02. The van der Waals surface area contributed by atoms with Gasteiger partial charge in [0.25, 0.3) is 11.6 Å². The third kappa shape index (κ3) is 3.16. The van der Waals surface area contributed by atoms with Crippen molar-refractivity contribution in [1.29, 1.82) is 0 Å². The van der Waals surface area contributed by atoms with Crippen LogP contribution in [0.25, 0.3) is 0 Å². The third-order valence-electron chi connectivity index (χ3n) is 2.56. The number of hydrogen-bond acceptors (Lipinski definition) is 6. The summed E-state index contributed by atoms with van der Waals surface area (Å²) in [5.74, 6) is 0.532. The number of nitro groups is 1. The Hall–Kier alpha value is -2.77. The van der Waals surface area contributed by atoms with Crippen molar-refractivity contribution in [1.82, 2.24) is 15.5 Å². The van der Waals surface area contributed by atoms with Crippen LogP contribution in [-0.2, 0) is 13.0 Å². The molecule has 0 aliphatic heterocycles. The molecule has 0 saturated heterocycles. The first-order chi connectivity index (χ1) is 9.60. The zero-order chi connectivity index (χ0) is 14.5. The normalized spacial score (nSPS) is 10.2. The van der Waals surface area contributed by atoms with Crippen LogP contribution in [0.4, 0.5) is 5.69 Å². The summed E-state index contributed by atoms with van der Waals surface area (Å²) < 4.78 is 4.91. The van der Waals surface area contributed by atoms with E-state index in [1.165, 1.54) is 24.3 Å². The van der Waals surface area contributed by atoms with E-state index in [1.807, 2.05) is 6.92 Å². The van der Waals surface area contributed by atoms with Gasteiger partial charge in [0.1, 0.15) is 0 Å². The second-order valence-corrected chi connectivity index (χ2v) is 3.94.